The summed E-state index contributed by atoms with van der Waals surface area (Å²) in [5.74, 6) is -0.118. The maximum atomic E-state index is 13.4. The fourth-order valence-corrected chi connectivity index (χ4v) is 3.66. The fraction of sp³-hybridized carbons (Fsp3) is 0.0800. The molecule has 4 aromatic rings. The quantitative estimate of drug-likeness (QED) is 0.407. The van der Waals surface area contributed by atoms with Crippen LogP contribution < -0.4 is 16.0 Å². The molecule has 3 aromatic carbocycles. The number of nitrogens with one attached hydrogen (secondary N) is 3. The number of aromatic nitrogens is 2. The van der Waals surface area contributed by atoms with Crippen LogP contribution in [0.25, 0.3) is 11.1 Å². The van der Waals surface area contributed by atoms with Crippen LogP contribution >= 0.6 is 0 Å². The van der Waals surface area contributed by atoms with Crippen LogP contribution in [0.1, 0.15) is 15.9 Å². The number of hydrogen-bond donors (Lipinski definition) is 3. The van der Waals surface area contributed by atoms with Crippen molar-refractivity contribution in [2.24, 2.45) is 0 Å². The summed E-state index contributed by atoms with van der Waals surface area (Å²) in [7, 11) is 0. The summed E-state index contributed by atoms with van der Waals surface area (Å²) in [5, 5.41) is 9.36. The van der Waals surface area contributed by atoms with E-state index in [2.05, 4.69) is 25.9 Å². The Morgan fingerprint density at radius 3 is 2.59 bits per heavy atom. The summed E-state index contributed by atoms with van der Waals surface area (Å²) in [6.07, 6.45) is 4.21. The predicted octanol–water partition coefficient (Wildman–Crippen LogP) is 5.25. The minimum Gasteiger partial charge on any atom is -0.384 e. The molecule has 2 heterocycles. The van der Waals surface area contributed by atoms with E-state index in [9.17, 15) is 9.18 Å². The predicted molar refractivity (Wildman–Crippen MR) is 124 cm³/mol. The van der Waals surface area contributed by atoms with E-state index >= 15 is 0 Å². The number of halogens is 1. The first-order chi connectivity index (χ1) is 15.6. The van der Waals surface area contributed by atoms with Gasteiger partial charge in [-0.3, -0.25) is 4.79 Å². The molecule has 0 saturated heterocycles. The van der Waals surface area contributed by atoms with Gasteiger partial charge in [0.15, 0.2) is 0 Å². The van der Waals surface area contributed by atoms with Gasteiger partial charge in [0.25, 0.3) is 5.91 Å². The Balaban J connectivity index is 1.28. The first kappa shape index (κ1) is 19.7. The number of carbonyl (C=O) groups is 1. The van der Waals surface area contributed by atoms with Crippen molar-refractivity contribution in [3.8, 4) is 11.1 Å². The summed E-state index contributed by atoms with van der Waals surface area (Å²) < 4.78 is 13.4. The largest absolute Gasteiger partial charge is 0.384 e. The molecule has 32 heavy (non-hydrogen) atoms. The Labute approximate surface area is 184 Å². The van der Waals surface area contributed by atoms with Crippen molar-refractivity contribution in [2.75, 3.05) is 22.5 Å². The van der Waals surface area contributed by atoms with Crippen molar-refractivity contribution in [3.63, 3.8) is 0 Å². The summed E-state index contributed by atoms with van der Waals surface area (Å²) >= 11 is 0. The number of fused-ring (bicyclic) bond motifs is 1. The molecule has 0 unspecified atom stereocenters. The second-order valence-electron chi connectivity index (χ2n) is 7.51. The SMILES string of the molecule is O=C(Nc1ccc2c(c1)CCN2)c1cccc(Nc2ncc(-c3cccc(F)c3)cn2)c1. The molecule has 158 valence electrons. The zero-order valence-electron chi connectivity index (χ0n) is 17.1. The number of anilines is 4. The standard InChI is InChI=1S/C25H20FN5O/c26-20-5-1-3-16(11-20)19-14-28-25(29-15-19)31-21-6-2-4-18(13-21)24(32)30-22-7-8-23-17(12-22)9-10-27-23/h1-8,11-15,27H,9-10H2,(H,30,32)(H,28,29,31). The van der Waals surface area contributed by atoms with E-state index in [0.29, 0.717) is 28.3 Å². The van der Waals surface area contributed by atoms with E-state index in [-0.39, 0.29) is 11.7 Å². The van der Waals surface area contributed by atoms with Crippen LogP contribution in [0.5, 0.6) is 0 Å². The van der Waals surface area contributed by atoms with E-state index < -0.39 is 0 Å². The summed E-state index contributed by atoms with van der Waals surface area (Å²) in [6, 6.07) is 19.3. The highest BCUT2D eigenvalue weighted by molar-refractivity contribution is 6.05. The Bertz CT molecular complexity index is 1290. The molecule has 0 saturated carbocycles. The van der Waals surface area contributed by atoms with Crippen LogP contribution in [0.2, 0.25) is 0 Å². The lowest BCUT2D eigenvalue weighted by molar-refractivity contribution is 0.102. The number of amides is 1. The van der Waals surface area contributed by atoms with Gasteiger partial charge in [-0.2, -0.15) is 0 Å². The van der Waals surface area contributed by atoms with Crippen LogP contribution in [0.4, 0.5) is 27.4 Å². The molecule has 0 fully saturated rings. The Hall–Kier alpha value is -4.26. The van der Waals surface area contributed by atoms with Crippen LogP contribution in [-0.2, 0) is 6.42 Å². The highest BCUT2D eigenvalue weighted by Crippen LogP contribution is 2.26. The van der Waals surface area contributed by atoms with Gasteiger partial charge < -0.3 is 16.0 Å². The minimum atomic E-state index is -0.309. The Morgan fingerprint density at radius 2 is 1.75 bits per heavy atom. The van der Waals surface area contributed by atoms with Gasteiger partial charge >= 0.3 is 0 Å². The highest BCUT2D eigenvalue weighted by Gasteiger charge is 2.12. The lowest BCUT2D eigenvalue weighted by Crippen LogP contribution is -2.12. The average molecular weight is 425 g/mol. The first-order valence-electron chi connectivity index (χ1n) is 10.3. The van der Waals surface area contributed by atoms with Gasteiger partial charge in [0.1, 0.15) is 5.82 Å². The number of nitrogens with zero attached hydrogens (tertiary/aromatic N) is 2. The van der Waals surface area contributed by atoms with Crippen molar-refractivity contribution in [3.05, 3.63) is 96.1 Å². The topological polar surface area (TPSA) is 78.9 Å². The van der Waals surface area contributed by atoms with Gasteiger partial charge in [0.05, 0.1) is 0 Å². The van der Waals surface area contributed by atoms with Crippen molar-refractivity contribution >= 4 is 28.9 Å². The zero-order chi connectivity index (χ0) is 21.9. The van der Waals surface area contributed by atoms with Gasteiger partial charge in [0, 0.05) is 47.1 Å². The summed E-state index contributed by atoms with van der Waals surface area (Å²) in [4.78, 5) is 21.3. The van der Waals surface area contributed by atoms with Gasteiger partial charge in [-0.05, 0) is 66.1 Å². The molecule has 0 aliphatic carbocycles. The molecule has 1 aromatic heterocycles. The van der Waals surface area contributed by atoms with Crippen molar-refractivity contribution in [1.29, 1.82) is 0 Å². The van der Waals surface area contributed by atoms with Crippen LogP contribution in [0, 0.1) is 5.82 Å². The third-order valence-electron chi connectivity index (χ3n) is 5.26. The van der Waals surface area contributed by atoms with Crippen molar-refractivity contribution < 1.29 is 9.18 Å². The van der Waals surface area contributed by atoms with Crippen molar-refractivity contribution in [2.45, 2.75) is 6.42 Å². The summed E-state index contributed by atoms with van der Waals surface area (Å²) in [5.41, 5.74) is 5.73. The van der Waals surface area contributed by atoms with E-state index in [1.807, 2.05) is 24.3 Å². The number of rotatable bonds is 5. The lowest BCUT2D eigenvalue weighted by Gasteiger charge is -2.10. The minimum absolute atomic E-state index is 0.193. The summed E-state index contributed by atoms with van der Waals surface area (Å²) in [6.45, 7) is 0.922. The molecule has 7 heteroatoms. The zero-order valence-corrected chi connectivity index (χ0v) is 17.1. The maximum Gasteiger partial charge on any atom is 0.255 e. The monoisotopic (exact) mass is 425 g/mol. The van der Waals surface area contributed by atoms with E-state index in [4.69, 9.17) is 0 Å². The molecule has 6 nitrogen and oxygen atoms in total. The number of hydrogen-bond acceptors (Lipinski definition) is 5. The molecular formula is C25H20FN5O. The number of carbonyl (C=O) groups excluding carboxylic acids is 1. The van der Waals surface area contributed by atoms with Gasteiger partial charge in [-0.15, -0.1) is 0 Å². The van der Waals surface area contributed by atoms with Crippen LogP contribution in [0.3, 0.4) is 0 Å². The molecule has 0 bridgehead atoms. The maximum absolute atomic E-state index is 13.4. The first-order valence-corrected chi connectivity index (χ1v) is 10.3. The average Bonchev–Trinajstić information content (AvgIpc) is 3.28. The second-order valence-corrected chi connectivity index (χ2v) is 7.51. The molecule has 1 aliphatic rings. The third-order valence-corrected chi connectivity index (χ3v) is 5.26. The highest BCUT2D eigenvalue weighted by atomic mass is 19.1. The van der Waals surface area contributed by atoms with Crippen molar-refractivity contribution in [1.82, 2.24) is 9.97 Å². The second kappa shape index (κ2) is 8.47. The van der Waals surface area contributed by atoms with E-state index in [0.717, 1.165) is 24.3 Å². The molecule has 5 rings (SSSR count). The smallest absolute Gasteiger partial charge is 0.255 e. The third kappa shape index (κ3) is 4.27. The normalized spacial score (nSPS) is 12.0. The van der Waals surface area contributed by atoms with Gasteiger partial charge in [0.2, 0.25) is 5.95 Å². The molecule has 3 N–H and O–H groups in total. The molecular weight excluding hydrogens is 405 g/mol. The number of benzene rings is 3. The van der Waals surface area contributed by atoms with E-state index in [1.54, 1.807) is 42.7 Å². The van der Waals surface area contributed by atoms with Crippen LogP contribution in [-0.4, -0.2) is 22.4 Å². The van der Waals surface area contributed by atoms with E-state index in [1.165, 1.54) is 17.7 Å². The molecule has 1 aliphatic heterocycles. The lowest BCUT2D eigenvalue weighted by atomic mass is 10.1. The molecule has 0 spiro atoms. The van der Waals surface area contributed by atoms with Crippen LogP contribution in [0.15, 0.2) is 79.1 Å². The molecule has 0 atom stereocenters. The molecule has 1 amide bonds. The Morgan fingerprint density at radius 1 is 0.906 bits per heavy atom. The van der Waals surface area contributed by atoms with Gasteiger partial charge in [-0.1, -0.05) is 18.2 Å². The Kier molecular flexibility index (Phi) is 5.21. The molecule has 0 radical (unpaired) electrons. The fourth-order valence-electron chi connectivity index (χ4n) is 3.66. The van der Waals surface area contributed by atoms with Gasteiger partial charge in [-0.25, -0.2) is 14.4 Å².